The molecule has 0 atom stereocenters. The van der Waals surface area contributed by atoms with Crippen molar-refractivity contribution in [2.24, 2.45) is 5.10 Å². The van der Waals surface area contributed by atoms with Crippen molar-refractivity contribution < 1.29 is 23.5 Å². The molecule has 144 valence electrons. The molecule has 0 unspecified atom stereocenters. The Morgan fingerprint density at radius 3 is 2.62 bits per heavy atom. The van der Waals surface area contributed by atoms with Crippen LogP contribution in [0.4, 0.5) is 0 Å². The van der Waals surface area contributed by atoms with E-state index in [1.54, 1.807) is 54.6 Å². The van der Waals surface area contributed by atoms with Crippen molar-refractivity contribution in [3.05, 3.63) is 83.8 Å². The van der Waals surface area contributed by atoms with Crippen LogP contribution in [0.2, 0.25) is 0 Å². The Labute approximate surface area is 166 Å². The summed E-state index contributed by atoms with van der Waals surface area (Å²) in [5.41, 5.74) is 3.35. The SMILES string of the molecule is N#Cc1ccccc1OCC(=O)NN=Cc1ccc(OC(=O)c2ccco2)cc1. The van der Waals surface area contributed by atoms with Gasteiger partial charge in [-0.2, -0.15) is 10.4 Å². The van der Waals surface area contributed by atoms with Gasteiger partial charge in [0.05, 0.1) is 18.0 Å². The first-order chi connectivity index (χ1) is 14.2. The molecule has 29 heavy (non-hydrogen) atoms. The summed E-state index contributed by atoms with van der Waals surface area (Å²) in [6.45, 7) is -0.280. The maximum Gasteiger partial charge on any atom is 0.379 e. The van der Waals surface area contributed by atoms with Crippen LogP contribution in [0.3, 0.4) is 0 Å². The largest absolute Gasteiger partial charge is 0.482 e. The van der Waals surface area contributed by atoms with Gasteiger partial charge in [0, 0.05) is 0 Å². The second-order valence-electron chi connectivity index (χ2n) is 5.63. The third-order valence-electron chi connectivity index (χ3n) is 3.58. The van der Waals surface area contributed by atoms with Crippen LogP contribution < -0.4 is 14.9 Å². The summed E-state index contributed by atoms with van der Waals surface area (Å²) < 4.78 is 15.4. The molecule has 0 saturated carbocycles. The van der Waals surface area contributed by atoms with Crippen molar-refractivity contribution in [2.45, 2.75) is 0 Å². The third kappa shape index (κ3) is 5.55. The number of ether oxygens (including phenoxy) is 2. The van der Waals surface area contributed by atoms with Crippen LogP contribution in [0.5, 0.6) is 11.5 Å². The van der Waals surface area contributed by atoms with Gasteiger partial charge in [0.15, 0.2) is 6.61 Å². The first-order valence-corrected chi connectivity index (χ1v) is 8.45. The number of carbonyl (C=O) groups is 2. The maximum atomic E-state index is 11.8. The highest BCUT2D eigenvalue weighted by molar-refractivity contribution is 5.88. The number of benzene rings is 2. The maximum absolute atomic E-state index is 11.8. The molecular weight excluding hydrogens is 374 g/mol. The van der Waals surface area contributed by atoms with Crippen molar-refractivity contribution in [2.75, 3.05) is 6.61 Å². The van der Waals surface area contributed by atoms with E-state index in [1.807, 2.05) is 6.07 Å². The molecule has 0 aliphatic rings. The number of amides is 1. The van der Waals surface area contributed by atoms with Crippen molar-refractivity contribution in [1.29, 1.82) is 5.26 Å². The average Bonchev–Trinajstić information content (AvgIpc) is 3.29. The Morgan fingerprint density at radius 1 is 1.10 bits per heavy atom. The zero-order valence-corrected chi connectivity index (χ0v) is 15.1. The number of hydrogen-bond donors (Lipinski definition) is 1. The lowest BCUT2D eigenvalue weighted by atomic mass is 10.2. The van der Waals surface area contributed by atoms with E-state index < -0.39 is 11.9 Å². The first-order valence-electron chi connectivity index (χ1n) is 8.45. The number of nitriles is 1. The summed E-state index contributed by atoms with van der Waals surface area (Å²) in [6, 6.07) is 18.2. The Morgan fingerprint density at radius 2 is 1.90 bits per heavy atom. The molecule has 1 amide bonds. The Bertz CT molecular complexity index is 1050. The van der Waals surface area contributed by atoms with E-state index in [0.717, 1.165) is 0 Å². The molecule has 2 aromatic carbocycles. The van der Waals surface area contributed by atoms with Gasteiger partial charge in [-0.3, -0.25) is 4.79 Å². The van der Waals surface area contributed by atoms with Crippen LogP contribution in [-0.4, -0.2) is 24.7 Å². The van der Waals surface area contributed by atoms with Gasteiger partial charge in [0.25, 0.3) is 5.91 Å². The summed E-state index contributed by atoms with van der Waals surface area (Å²) in [5.74, 6) is -0.288. The standard InChI is InChI=1S/C21H15N3O5/c22-12-16-4-1-2-5-18(16)28-14-20(25)24-23-13-15-7-9-17(10-8-15)29-21(26)19-6-3-11-27-19/h1-11,13H,14H2,(H,24,25). The predicted octanol–water partition coefficient (Wildman–Crippen LogP) is 2.90. The Hall–Kier alpha value is -4.38. The van der Waals surface area contributed by atoms with Crippen molar-refractivity contribution in [3.8, 4) is 17.6 Å². The van der Waals surface area contributed by atoms with Gasteiger partial charge in [0.2, 0.25) is 5.76 Å². The topological polar surface area (TPSA) is 114 Å². The minimum atomic E-state index is -0.596. The summed E-state index contributed by atoms with van der Waals surface area (Å²) in [6.07, 6.45) is 2.82. The highest BCUT2D eigenvalue weighted by atomic mass is 16.5. The van der Waals surface area contributed by atoms with Crippen LogP contribution in [0, 0.1) is 11.3 Å². The molecule has 1 heterocycles. The van der Waals surface area contributed by atoms with Gasteiger partial charge in [-0.1, -0.05) is 12.1 Å². The lowest BCUT2D eigenvalue weighted by Gasteiger charge is -2.06. The van der Waals surface area contributed by atoms with Crippen molar-refractivity contribution >= 4 is 18.1 Å². The molecule has 8 heteroatoms. The van der Waals surface area contributed by atoms with E-state index in [4.69, 9.17) is 19.2 Å². The van der Waals surface area contributed by atoms with Crippen LogP contribution in [-0.2, 0) is 4.79 Å². The molecule has 8 nitrogen and oxygen atoms in total. The number of carbonyl (C=O) groups excluding carboxylic acids is 2. The number of nitrogens with one attached hydrogen (secondary N) is 1. The monoisotopic (exact) mass is 389 g/mol. The van der Waals surface area contributed by atoms with E-state index in [2.05, 4.69) is 10.5 Å². The molecule has 0 spiro atoms. The number of hydrazone groups is 1. The molecule has 0 saturated heterocycles. The second kappa shape index (κ2) is 9.53. The molecule has 0 radical (unpaired) electrons. The number of hydrogen-bond acceptors (Lipinski definition) is 7. The van der Waals surface area contributed by atoms with E-state index >= 15 is 0 Å². The van der Waals surface area contributed by atoms with Gasteiger partial charge in [-0.05, 0) is 54.1 Å². The molecule has 0 fully saturated rings. The fraction of sp³-hybridized carbons (Fsp3) is 0.0476. The smallest absolute Gasteiger partial charge is 0.379 e. The van der Waals surface area contributed by atoms with Crippen LogP contribution >= 0.6 is 0 Å². The van der Waals surface area contributed by atoms with E-state index in [0.29, 0.717) is 22.6 Å². The second-order valence-corrected chi connectivity index (χ2v) is 5.63. The molecule has 0 aliphatic carbocycles. The fourth-order valence-electron chi connectivity index (χ4n) is 2.21. The summed E-state index contributed by atoms with van der Waals surface area (Å²) >= 11 is 0. The lowest BCUT2D eigenvalue weighted by Crippen LogP contribution is -2.24. The van der Waals surface area contributed by atoms with Crippen LogP contribution in [0.1, 0.15) is 21.7 Å². The van der Waals surface area contributed by atoms with Crippen LogP contribution in [0.15, 0.2) is 76.4 Å². The summed E-state index contributed by atoms with van der Waals surface area (Å²) in [5, 5.41) is 12.8. The fourth-order valence-corrected chi connectivity index (χ4v) is 2.21. The number of rotatable bonds is 7. The highest BCUT2D eigenvalue weighted by Gasteiger charge is 2.11. The van der Waals surface area contributed by atoms with Crippen LogP contribution in [0.25, 0.3) is 0 Å². The summed E-state index contributed by atoms with van der Waals surface area (Å²) in [7, 11) is 0. The number of nitrogens with zero attached hydrogens (tertiary/aromatic N) is 2. The van der Waals surface area contributed by atoms with E-state index in [9.17, 15) is 9.59 Å². The van der Waals surface area contributed by atoms with Gasteiger partial charge in [0.1, 0.15) is 17.6 Å². The zero-order valence-electron chi connectivity index (χ0n) is 15.1. The molecule has 1 aromatic heterocycles. The van der Waals surface area contributed by atoms with E-state index in [-0.39, 0.29) is 12.4 Å². The zero-order chi connectivity index (χ0) is 20.5. The molecule has 3 aromatic rings. The Balaban J connectivity index is 1.47. The molecule has 3 rings (SSSR count). The van der Waals surface area contributed by atoms with Gasteiger partial charge < -0.3 is 13.9 Å². The van der Waals surface area contributed by atoms with Gasteiger partial charge in [-0.25, -0.2) is 10.2 Å². The highest BCUT2D eigenvalue weighted by Crippen LogP contribution is 2.16. The lowest BCUT2D eigenvalue weighted by molar-refractivity contribution is -0.123. The van der Waals surface area contributed by atoms with Gasteiger partial charge >= 0.3 is 5.97 Å². The molecule has 1 N–H and O–H groups in total. The third-order valence-corrected chi connectivity index (χ3v) is 3.58. The Kier molecular flexibility index (Phi) is 6.37. The minimum absolute atomic E-state index is 0.109. The number of para-hydroxylation sites is 1. The van der Waals surface area contributed by atoms with Crippen molar-refractivity contribution in [3.63, 3.8) is 0 Å². The normalized spacial score (nSPS) is 10.3. The molecule has 0 bridgehead atoms. The first kappa shape index (κ1) is 19.4. The van der Waals surface area contributed by atoms with E-state index in [1.165, 1.54) is 18.5 Å². The quantitative estimate of drug-likeness (QED) is 0.288. The summed E-state index contributed by atoms with van der Waals surface area (Å²) in [4.78, 5) is 23.6. The average molecular weight is 389 g/mol. The predicted molar refractivity (Wildman–Crippen MR) is 102 cm³/mol. The molecule has 0 aliphatic heterocycles. The number of furan rings is 1. The van der Waals surface area contributed by atoms with Crippen molar-refractivity contribution in [1.82, 2.24) is 5.43 Å². The minimum Gasteiger partial charge on any atom is -0.482 e. The van der Waals surface area contributed by atoms with Gasteiger partial charge in [-0.15, -0.1) is 0 Å². The molecular formula is C21H15N3O5. The number of esters is 1.